The highest BCUT2D eigenvalue weighted by atomic mass is 16.6. The number of carbonyl (C=O) groups excluding carboxylic acids is 9. The smallest absolute Gasteiger partial charge is 0.411 e. The topological polar surface area (TPSA) is 242 Å². The first-order valence-electron chi connectivity index (χ1n) is 27.4. The number of anilines is 1. The minimum absolute atomic E-state index is 0.0155. The second kappa shape index (κ2) is 29.6. The molecule has 1 aromatic carbocycles. The summed E-state index contributed by atoms with van der Waals surface area (Å²) in [5, 5.41) is 11.3. The highest BCUT2D eigenvalue weighted by Crippen LogP contribution is 2.43. The molecule has 20 heteroatoms. The number of likely N-dealkylation sites (tertiary alicyclic amines) is 2. The zero-order chi connectivity index (χ0) is 56.4. The molecular weight excluding hydrogens is 977 g/mol. The van der Waals surface area contributed by atoms with Crippen molar-refractivity contribution in [3.8, 4) is 0 Å². The van der Waals surface area contributed by atoms with Crippen LogP contribution in [0.2, 0.25) is 0 Å². The Kier molecular flexibility index (Phi) is 24.4. The molecular formula is C56H88N8O12. The Morgan fingerprint density at radius 1 is 0.842 bits per heavy atom. The summed E-state index contributed by atoms with van der Waals surface area (Å²) in [6.45, 7) is 17.6. The molecule has 9 unspecified atom stereocenters. The van der Waals surface area contributed by atoms with E-state index in [0.717, 1.165) is 18.4 Å². The third kappa shape index (κ3) is 17.3. The summed E-state index contributed by atoms with van der Waals surface area (Å²) in [6, 6.07) is 4.26. The Bertz CT molecular complexity index is 2180. The SMILES string of the molecule is CCC.CCC(C)C(C(CC(=O)N1CCCC1C(OC)C(C)C(=O)N[C@@H](C)C(=O)Nc1ccc(CNC(=O)CCCCCN2C(=O)C=CC2=O)cc1)OC)N(C)C(=O)CNC(=O)C1C2CCC(C2)N1C(=O)OC(C)(C)C. The van der Waals surface area contributed by atoms with Crippen molar-refractivity contribution in [2.24, 2.45) is 17.8 Å². The molecule has 10 atom stereocenters. The van der Waals surface area contributed by atoms with Gasteiger partial charge in [0.05, 0.1) is 43.2 Å². The van der Waals surface area contributed by atoms with Crippen molar-refractivity contribution in [1.82, 2.24) is 35.6 Å². The second-order valence-electron chi connectivity index (χ2n) is 21.8. The van der Waals surface area contributed by atoms with Gasteiger partial charge < -0.3 is 45.3 Å². The number of unbranched alkanes of at least 4 members (excludes halogenated alkanes) is 2. The van der Waals surface area contributed by atoms with Gasteiger partial charge in [0.15, 0.2) is 0 Å². The van der Waals surface area contributed by atoms with Gasteiger partial charge in [-0.2, -0.15) is 0 Å². The molecule has 2 bridgehead atoms. The van der Waals surface area contributed by atoms with Crippen molar-refractivity contribution >= 4 is 59.0 Å². The molecule has 3 heterocycles. The van der Waals surface area contributed by atoms with E-state index in [4.69, 9.17) is 14.2 Å². The molecule has 1 aromatic rings. The molecule has 1 aliphatic carbocycles. The average Bonchev–Trinajstić information content (AvgIpc) is 4.21. The summed E-state index contributed by atoms with van der Waals surface area (Å²) < 4.78 is 17.6. The fourth-order valence-electron chi connectivity index (χ4n) is 10.7. The lowest BCUT2D eigenvalue weighted by atomic mass is 9.90. The van der Waals surface area contributed by atoms with Gasteiger partial charge in [-0.1, -0.05) is 66.0 Å². The number of piperidine rings is 1. The first-order chi connectivity index (χ1) is 36.0. The largest absolute Gasteiger partial charge is 0.444 e. The number of methoxy groups -OCH3 is 2. The Hall–Kier alpha value is -5.89. The highest BCUT2D eigenvalue weighted by molar-refractivity contribution is 6.12. The molecule has 2 saturated heterocycles. The van der Waals surface area contributed by atoms with E-state index in [2.05, 4.69) is 35.1 Å². The Balaban J connectivity index is 0.00000406. The zero-order valence-electron chi connectivity index (χ0n) is 47.2. The number of fused-ring (bicyclic) bond motifs is 2. The van der Waals surface area contributed by atoms with Crippen LogP contribution in [0.15, 0.2) is 36.4 Å². The van der Waals surface area contributed by atoms with Crippen LogP contribution in [-0.4, -0.2) is 162 Å². The normalized spacial score (nSPS) is 21.2. The highest BCUT2D eigenvalue weighted by Gasteiger charge is 2.53. The van der Waals surface area contributed by atoms with E-state index in [0.29, 0.717) is 76.7 Å². The van der Waals surface area contributed by atoms with Gasteiger partial charge in [0.1, 0.15) is 17.7 Å². The van der Waals surface area contributed by atoms with Crippen LogP contribution in [-0.2, 0) is 59.1 Å². The minimum atomic E-state index is -0.918. The van der Waals surface area contributed by atoms with E-state index in [1.165, 1.54) is 37.7 Å². The predicted molar refractivity (Wildman–Crippen MR) is 287 cm³/mol. The molecule has 0 aromatic heterocycles. The number of hydrogen-bond donors (Lipinski definition) is 4. The van der Waals surface area contributed by atoms with Crippen molar-refractivity contribution in [3.05, 3.63) is 42.0 Å². The monoisotopic (exact) mass is 1060 g/mol. The van der Waals surface area contributed by atoms with E-state index in [1.54, 1.807) is 80.6 Å². The number of hydrogen-bond acceptors (Lipinski definition) is 12. The maximum Gasteiger partial charge on any atom is 0.411 e. The van der Waals surface area contributed by atoms with Crippen molar-refractivity contribution in [1.29, 1.82) is 0 Å². The molecule has 76 heavy (non-hydrogen) atoms. The van der Waals surface area contributed by atoms with Crippen LogP contribution in [0, 0.1) is 17.8 Å². The van der Waals surface area contributed by atoms with Gasteiger partial charge in [0, 0.05) is 71.2 Å². The molecule has 9 amide bonds. The molecule has 1 saturated carbocycles. The number of ether oxygens (including phenoxy) is 3. The molecule has 20 nitrogen and oxygen atoms in total. The molecule has 0 radical (unpaired) electrons. The van der Waals surface area contributed by atoms with Gasteiger partial charge in [0.2, 0.25) is 35.4 Å². The number of benzene rings is 1. The predicted octanol–water partition coefficient (Wildman–Crippen LogP) is 5.47. The minimum Gasteiger partial charge on any atom is -0.444 e. The van der Waals surface area contributed by atoms with Crippen LogP contribution >= 0.6 is 0 Å². The number of amides is 9. The van der Waals surface area contributed by atoms with Gasteiger partial charge in [-0.05, 0) is 102 Å². The van der Waals surface area contributed by atoms with Crippen LogP contribution < -0.4 is 21.3 Å². The Morgan fingerprint density at radius 3 is 2.11 bits per heavy atom. The summed E-state index contributed by atoms with van der Waals surface area (Å²) in [6.07, 6.45) is 8.26. The molecule has 4 N–H and O–H groups in total. The molecule has 4 aliphatic rings. The number of nitrogens with zero attached hydrogens (tertiary/aromatic N) is 4. The summed E-state index contributed by atoms with van der Waals surface area (Å²) in [5.41, 5.74) is 0.594. The number of rotatable bonds is 25. The fraction of sp³-hybridized carbons (Fsp3) is 0.696. The van der Waals surface area contributed by atoms with Crippen LogP contribution in [0.1, 0.15) is 145 Å². The van der Waals surface area contributed by atoms with E-state index in [1.807, 2.05) is 13.8 Å². The van der Waals surface area contributed by atoms with Crippen LogP contribution in [0.4, 0.5) is 10.5 Å². The third-order valence-corrected chi connectivity index (χ3v) is 14.8. The summed E-state index contributed by atoms with van der Waals surface area (Å²) >= 11 is 0. The van der Waals surface area contributed by atoms with E-state index in [9.17, 15) is 43.2 Å². The van der Waals surface area contributed by atoms with Crippen LogP contribution in [0.25, 0.3) is 0 Å². The molecule has 0 spiro atoms. The van der Waals surface area contributed by atoms with Gasteiger partial charge in [-0.25, -0.2) is 4.79 Å². The van der Waals surface area contributed by atoms with Crippen molar-refractivity contribution in [2.75, 3.05) is 46.2 Å². The number of likely N-dealkylation sites (N-methyl/N-ethyl adjacent to an activating group) is 1. The lowest BCUT2D eigenvalue weighted by Gasteiger charge is -2.39. The standard InChI is InChI=1S/C53H80N8O12.C3H8/c1-11-32(2)46(58(8)45(66)31-55-51(69)47-36-20-23-38(28-36)61(47)52(70)73-53(5,6)7)40(71-9)29-44(65)59-27-15-16-39(59)48(72-10)33(3)49(67)56-34(4)50(68)57-37-21-18-35(19-22-37)30-54-41(62)17-13-12-14-26-60-42(63)24-25-43(60)64;1-3-2/h18-19,21-22,24-25,32-34,36,38-40,46-48H,11-17,20,23,26-31H2,1-10H3,(H,54,62)(H,55,69)(H,56,67)(H,57,68);3H2,1-2H3/t32?,33?,34-,36?,38?,39?,40?,46?,47?,48?;/m0./s1. The zero-order valence-corrected chi connectivity index (χ0v) is 47.2. The lowest BCUT2D eigenvalue weighted by molar-refractivity contribution is -0.146. The molecule has 3 aliphatic heterocycles. The van der Waals surface area contributed by atoms with E-state index >= 15 is 0 Å². The molecule has 424 valence electrons. The first kappa shape index (κ1) is 62.6. The summed E-state index contributed by atoms with van der Waals surface area (Å²) in [4.78, 5) is 124. The number of imide groups is 1. The second-order valence-corrected chi connectivity index (χ2v) is 21.8. The first-order valence-corrected chi connectivity index (χ1v) is 27.4. The Morgan fingerprint density at radius 2 is 1.50 bits per heavy atom. The fourth-order valence-corrected chi connectivity index (χ4v) is 10.7. The lowest BCUT2D eigenvalue weighted by Crippen LogP contribution is -2.56. The summed E-state index contributed by atoms with van der Waals surface area (Å²) in [5.74, 6) is -3.47. The number of carbonyl (C=O) groups is 9. The van der Waals surface area contributed by atoms with Gasteiger partial charge in [0.25, 0.3) is 11.8 Å². The van der Waals surface area contributed by atoms with E-state index < -0.39 is 71.7 Å². The van der Waals surface area contributed by atoms with Crippen LogP contribution in [0.3, 0.4) is 0 Å². The third-order valence-electron chi connectivity index (χ3n) is 14.8. The van der Waals surface area contributed by atoms with Crippen molar-refractivity contribution in [3.63, 3.8) is 0 Å². The quantitative estimate of drug-likeness (QED) is 0.0704. The maximum atomic E-state index is 14.3. The van der Waals surface area contributed by atoms with Crippen LogP contribution in [0.5, 0.6) is 0 Å². The average molecular weight is 1070 g/mol. The van der Waals surface area contributed by atoms with E-state index in [-0.39, 0.29) is 60.4 Å². The van der Waals surface area contributed by atoms with Crippen molar-refractivity contribution in [2.45, 2.75) is 194 Å². The maximum absolute atomic E-state index is 14.3. The molecule has 5 rings (SSSR count). The van der Waals surface area contributed by atoms with Crippen molar-refractivity contribution < 1.29 is 57.4 Å². The van der Waals surface area contributed by atoms with Gasteiger partial charge in [-0.15, -0.1) is 0 Å². The molecule has 3 fully saturated rings. The van der Waals surface area contributed by atoms with Gasteiger partial charge in [-0.3, -0.25) is 48.2 Å². The summed E-state index contributed by atoms with van der Waals surface area (Å²) in [7, 11) is 4.65. The van der Waals surface area contributed by atoms with Gasteiger partial charge >= 0.3 is 6.09 Å². The number of nitrogens with one attached hydrogen (secondary N) is 4. The Labute approximate surface area is 450 Å².